The first-order valence-electron chi connectivity index (χ1n) is 12.3. The molecule has 200 valence electrons. The molecule has 1 heterocycles. The molecule has 0 aromatic heterocycles. The van der Waals surface area contributed by atoms with E-state index in [4.69, 9.17) is 4.42 Å². The lowest BCUT2D eigenvalue weighted by Crippen LogP contribution is -2.29. The highest BCUT2D eigenvalue weighted by molar-refractivity contribution is 7.92. The van der Waals surface area contributed by atoms with Gasteiger partial charge < -0.3 is 8.97 Å². The van der Waals surface area contributed by atoms with Crippen LogP contribution >= 0.6 is 0 Å². The molecule has 10 heteroatoms. The number of hydrogen-bond donors (Lipinski definition) is 1. The molecule has 0 atom stereocenters. The van der Waals surface area contributed by atoms with Crippen LogP contribution in [0.4, 0.5) is 5.69 Å². The quantitative estimate of drug-likeness (QED) is 0.174. The summed E-state index contributed by atoms with van der Waals surface area (Å²) in [5, 5.41) is 1.52. The van der Waals surface area contributed by atoms with Gasteiger partial charge in [0.2, 0.25) is 5.36 Å². The number of nitrogens with one attached hydrogen (secondary N) is 1. The summed E-state index contributed by atoms with van der Waals surface area (Å²) in [7, 11) is -9.26. The number of anilines is 1. The predicted molar refractivity (Wildman–Crippen MR) is 150 cm³/mol. The molecule has 0 saturated heterocycles. The molecule has 1 aliphatic heterocycles. The van der Waals surface area contributed by atoms with E-state index in [0.29, 0.717) is 33.5 Å². The third-order valence-corrected chi connectivity index (χ3v) is 8.82. The highest BCUT2D eigenvalue weighted by atomic mass is 32.2. The van der Waals surface area contributed by atoms with Gasteiger partial charge in [-0.15, -0.1) is 0 Å². The largest absolute Gasteiger partial charge is 0.744 e. The number of benzene rings is 4. The van der Waals surface area contributed by atoms with Crippen molar-refractivity contribution in [2.45, 2.75) is 23.6 Å². The third-order valence-electron chi connectivity index (χ3n) is 6.57. The summed E-state index contributed by atoms with van der Waals surface area (Å²) < 4.78 is 74.6. The maximum absolute atomic E-state index is 13.1. The van der Waals surface area contributed by atoms with Crippen molar-refractivity contribution < 1.29 is 25.8 Å². The van der Waals surface area contributed by atoms with Crippen LogP contribution in [0.5, 0.6) is 0 Å². The predicted octanol–water partition coefficient (Wildman–Crippen LogP) is 4.72. The van der Waals surface area contributed by atoms with Gasteiger partial charge in [-0.2, -0.15) is 0 Å². The van der Waals surface area contributed by atoms with Gasteiger partial charge >= 0.3 is 0 Å². The fourth-order valence-corrected chi connectivity index (χ4v) is 6.58. The molecule has 2 aliphatic rings. The van der Waals surface area contributed by atoms with Gasteiger partial charge in [-0.05, 0) is 50.2 Å². The summed E-state index contributed by atoms with van der Waals surface area (Å²) >= 11 is 0. The lowest BCUT2D eigenvalue weighted by atomic mass is 9.93. The molecule has 0 radical (unpaired) electrons. The molecule has 8 nitrogen and oxygen atoms in total. The summed E-state index contributed by atoms with van der Waals surface area (Å²) in [5.41, 5.74) is 1.95. The molecule has 39 heavy (non-hydrogen) atoms. The van der Waals surface area contributed by atoms with E-state index in [1.807, 2.05) is 32.0 Å². The van der Waals surface area contributed by atoms with Crippen molar-refractivity contribution >= 4 is 36.8 Å². The second-order valence-corrected chi connectivity index (χ2v) is 11.9. The van der Waals surface area contributed by atoms with Gasteiger partial charge in [-0.25, -0.2) is 21.4 Å². The zero-order valence-corrected chi connectivity index (χ0v) is 22.9. The van der Waals surface area contributed by atoms with Gasteiger partial charge in [-0.1, -0.05) is 42.5 Å². The normalized spacial score (nSPS) is 12.1. The second-order valence-electron chi connectivity index (χ2n) is 8.91. The van der Waals surface area contributed by atoms with Crippen LogP contribution in [0.15, 0.2) is 105 Å². The Kier molecular flexibility index (Phi) is 7.02. The number of sulfonamides is 1. The molecule has 0 unspecified atom stereocenters. The van der Waals surface area contributed by atoms with Gasteiger partial charge in [0.15, 0.2) is 0 Å². The van der Waals surface area contributed by atoms with E-state index in [1.54, 1.807) is 54.6 Å². The van der Waals surface area contributed by atoms with Crippen molar-refractivity contribution in [1.29, 1.82) is 0 Å². The number of nitrogens with zero attached hydrogens (tertiary/aromatic N) is 1. The number of rotatable bonds is 7. The number of para-hydroxylation sites is 2. The van der Waals surface area contributed by atoms with Crippen molar-refractivity contribution in [1.82, 2.24) is 4.58 Å². The Labute approximate surface area is 227 Å². The van der Waals surface area contributed by atoms with E-state index in [0.717, 1.165) is 24.5 Å². The summed E-state index contributed by atoms with van der Waals surface area (Å²) in [6.45, 7) is 5.66. The van der Waals surface area contributed by atoms with Gasteiger partial charge in [-0.3, -0.25) is 4.72 Å². The Morgan fingerprint density at radius 1 is 0.795 bits per heavy atom. The Morgan fingerprint density at radius 2 is 1.46 bits per heavy atom. The van der Waals surface area contributed by atoms with Crippen LogP contribution in [0.25, 0.3) is 33.4 Å². The summed E-state index contributed by atoms with van der Waals surface area (Å²) in [6, 6.07) is 24.5. The standard InChI is InChI=1S/C29H26N2O6S2/c1-3-31(4-2)21-14-16-24-27(18-21)37-26-13-9-8-12-23(26)29(24)25-17-15-22(19-28(25)39(34,35)36)38(32,33)30-20-10-6-5-7-11-20/h5-19,30H,3-4H2,1-2H3. The minimum Gasteiger partial charge on any atom is -0.744 e. The Hall–Kier alpha value is -3.99. The van der Waals surface area contributed by atoms with Gasteiger partial charge in [0.1, 0.15) is 34.6 Å². The van der Waals surface area contributed by atoms with Crippen molar-refractivity contribution in [2.24, 2.45) is 0 Å². The minimum atomic E-state index is -5.09. The summed E-state index contributed by atoms with van der Waals surface area (Å²) in [5.74, 6) is 0.504. The van der Waals surface area contributed by atoms with E-state index < -0.39 is 25.0 Å². The monoisotopic (exact) mass is 562 g/mol. The first-order chi connectivity index (χ1) is 18.6. The first-order valence-corrected chi connectivity index (χ1v) is 15.2. The third kappa shape index (κ3) is 5.18. The highest BCUT2D eigenvalue weighted by Gasteiger charge is 2.24. The maximum atomic E-state index is 13.1. The van der Waals surface area contributed by atoms with E-state index >= 15 is 0 Å². The van der Waals surface area contributed by atoms with Crippen LogP contribution in [0, 0.1) is 0 Å². The Morgan fingerprint density at radius 3 is 2.15 bits per heavy atom. The van der Waals surface area contributed by atoms with Crippen LogP contribution in [-0.2, 0) is 20.1 Å². The minimum absolute atomic E-state index is 0.0938. The van der Waals surface area contributed by atoms with E-state index in [-0.39, 0.29) is 10.5 Å². The van der Waals surface area contributed by atoms with Crippen molar-refractivity contribution in [3.63, 3.8) is 0 Å². The molecule has 1 N–H and O–H groups in total. The Bertz CT molecular complexity index is 1940. The topological polar surface area (TPSA) is 120 Å². The van der Waals surface area contributed by atoms with Crippen molar-refractivity contribution in [3.8, 4) is 22.5 Å². The number of hydrogen-bond acceptors (Lipinski definition) is 6. The van der Waals surface area contributed by atoms with Crippen LogP contribution in [0.1, 0.15) is 13.8 Å². The lowest BCUT2D eigenvalue weighted by Gasteiger charge is -2.20. The SMILES string of the molecule is CC[N+](CC)=c1ccc2c(-c3ccc(S(=O)(=O)Nc4ccccc4)cc3S(=O)(=O)[O-])c3ccccc3oc-2c1. The van der Waals surface area contributed by atoms with Gasteiger partial charge in [0, 0.05) is 33.8 Å². The molecule has 3 aromatic carbocycles. The maximum Gasteiger partial charge on any atom is 0.261 e. The van der Waals surface area contributed by atoms with Crippen LogP contribution < -0.4 is 14.7 Å². The molecule has 3 aromatic rings. The fraction of sp³-hybridized carbons (Fsp3) is 0.138. The average Bonchev–Trinajstić information content (AvgIpc) is 2.92. The molecule has 0 saturated carbocycles. The van der Waals surface area contributed by atoms with Crippen LogP contribution in [0.2, 0.25) is 0 Å². The molecule has 5 rings (SSSR count). The summed E-state index contributed by atoms with van der Waals surface area (Å²) in [6.07, 6.45) is 0. The molecule has 1 aliphatic carbocycles. The molecular formula is C29H26N2O6S2. The zero-order valence-electron chi connectivity index (χ0n) is 21.3. The van der Waals surface area contributed by atoms with E-state index in [2.05, 4.69) is 9.30 Å². The van der Waals surface area contributed by atoms with Crippen LogP contribution in [0.3, 0.4) is 0 Å². The van der Waals surface area contributed by atoms with E-state index in [9.17, 15) is 21.4 Å². The molecule has 0 spiro atoms. The van der Waals surface area contributed by atoms with E-state index in [1.165, 1.54) is 12.1 Å². The average molecular weight is 563 g/mol. The Balaban J connectivity index is 1.79. The van der Waals surface area contributed by atoms with Gasteiger partial charge in [0.25, 0.3) is 10.0 Å². The smallest absolute Gasteiger partial charge is 0.261 e. The lowest BCUT2D eigenvalue weighted by molar-refractivity contribution is 0.463. The second kappa shape index (κ2) is 10.3. The number of fused-ring (bicyclic) bond motifs is 2. The molecular weight excluding hydrogens is 536 g/mol. The van der Waals surface area contributed by atoms with Gasteiger partial charge in [0.05, 0.1) is 15.9 Å². The molecule has 0 fully saturated rings. The molecule has 0 bridgehead atoms. The van der Waals surface area contributed by atoms with Crippen molar-refractivity contribution in [2.75, 3.05) is 17.8 Å². The van der Waals surface area contributed by atoms with Crippen molar-refractivity contribution in [3.05, 3.63) is 96.4 Å². The first kappa shape index (κ1) is 26.6. The highest BCUT2D eigenvalue weighted by Crippen LogP contribution is 2.42. The van der Waals surface area contributed by atoms with Crippen LogP contribution in [-0.4, -0.2) is 34.5 Å². The molecule has 0 amide bonds. The summed E-state index contributed by atoms with van der Waals surface area (Å²) in [4.78, 5) is -0.980. The zero-order chi connectivity index (χ0) is 27.8. The fourth-order valence-electron chi connectivity index (χ4n) is 4.71.